The second-order valence-corrected chi connectivity index (χ2v) is 10.1. The van der Waals surface area contributed by atoms with Crippen molar-refractivity contribution < 1.29 is 14.3 Å². The molecule has 3 aromatic carbocycles. The minimum atomic E-state index is -0.665. The SMILES string of the molecule is CN(C)C(=O)c1ccc2c(c1)C(c1ccccc1C#N)N(c1nc(-c3nc4ccccc4o3)c(O)c(=O)n1C)CC2. The Balaban J connectivity index is 1.58. The fourth-order valence-electron chi connectivity index (χ4n) is 5.35. The van der Waals surface area contributed by atoms with Gasteiger partial charge in [-0.25, -0.2) is 9.97 Å². The number of anilines is 1. The number of aromatic nitrogens is 3. The molecule has 1 aliphatic rings. The Morgan fingerprint density at radius 2 is 1.83 bits per heavy atom. The second-order valence-electron chi connectivity index (χ2n) is 10.1. The van der Waals surface area contributed by atoms with Crippen molar-refractivity contribution >= 4 is 23.0 Å². The summed E-state index contributed by atoms with van der Waals surface area (Å²) >= 11 is 0. The Kier molecular flexibility index (Phi) is 6.27. The molecule has 6 rings (SSSR count). The van der Waals surface area contributed by atoms with E-state index in [-0.39, 0.29) is 23.4 Å². The molecule has 1 N–H and O–H groups in total. The standard InChI is InChI=1S/C31H26N6O4/c1-35(2)29(39)19-13-12-18-14-15-37(26(22(18)16-19)21-9-5-4-8-20(21)17-32)31-34-25(27(38)30(40)36(31)3)28-33-23-10-6-7-11-24(23)41-28/h4-13,16,26,38H,14-15H2,1-3H3. The first kappa shape index (κ1) is 25.8. The van der Waals surface area contributed by atoms with Crippen molar-refractivity contribution in [3.63, 3.8) is 0 Å². The number of carbonyl (C=O) groups is 1. The number of oxazole rings is 1. The summed E-state index contributed by atoms with van der Waals surface area (Å²) in [7, 11) is 4.93. The lowest BCUT2D eigenvalue weighted by atomic mass is 9.85. The van der Waals surface area contributed by atoms with E-state index in [1.165, 1.54) is 16.5 Å². The van der Waals surface area contributed by atoms with E-state index in [2.05, 4.69) is 11.1 Å². The smallest absolute Gasteiger partial charge is 0.297 e. The van der Waals surface area contributed by atoms with Crippen molar-refractivity contribution in [3.05, 3.63) is 105 Å². The van der Waals surface area contributed by atoms with Gasteiger partial charge in [0.05, 0.1) is 17.7 Å². The van der Waals surface area contributed by atoms with Gasteiger partial charge in [0.1, 0.15) is 5.52 Å². The van der Waals surface area contributed by atoms with Crippen LogP contribution in [0.4, 0.5) is 5.95 Å². The largest absolute Gasteiger partial charge is 0.501 e. The Labute approximate surface area is 235 Å². The summed E-state index contributed by atoms with van der Waals surface area (Å²) in [6.07, 6.45) is 0.603. The van der Waals surface area contributed by atoms with Gasteiger partial charge in [-0.2, -0.15) is 5.26 Å². The average Bonchev–Trinajstić information content (AvgIpc) is 3.43. The van der Waals surface area contributed by atoms with Crippen LogP contribution in [0.15, 0.2) is 75.9 Å². The third-order valence-electron chi connectivity index (χ3n) is 7.40. The van der Waals surface area contributed by atoms with Crippen LogP contribution in [0.1, 0.15) is 38.7 Å². The fraction of sp³-hybridized carbons (Fsp3) is 0.194. The molecule has 1 atom stereocenters. The zero-order valence-electron chi connectivity index (χ0n) is 22.7. The molecule has 1 unspecified atom stereocenters. The van der Waals surface area contributed by atoms with Crippen LogP contribution in [-0.2, 0) is 13.5 Å². The van der Waals surface area contributed by atoms with Crippen LogP contribution in [0.2, 0.25) is 0 Å². The molecule has 10 nitrogen and oxygen atoms in total. The summed E-state index contributed by atoms with van der Waals surface area (Å²) in [5.41, 5.74) is 3.85. The van der Waals surface area contributed by atoms with Crippen molar-refractivity contribution in [2.75, 3.05) is 25.5 Å². The highest BCUT2D eigenvalue weighted by Gasteiger charge is 2.35. The number of rotatable bonds is 4. The molecule has 10 heteroatoms. The molecular weight excluding hydrogens is 520 g/mol. The number of nitriles is 1. The van der Waals surface area contributed by atoms with Gasteiger partial charge < -0.3 is 19.3 Å². The van der Waals surface area contributed by atoms with Crippen LogP contribution >= 0.6 is 0 Å². The molecular formula is C31H26N6O4. The molecule has 2 aromatic heterocycles. The van der Waals surface area contributed by atoms with Crippen LogP contribution in [0.3, 0.4) is 0 Å². The van der Waals surface area contributed by atoms with E-state index >= 15 is 0 Å². The highest BCUT2D eigenvalue weighted by molar-refractivity contribution is 5.94. The molecule has 204 valence electrons. The van der Waals surface area contributed by atoms with E-state index < -0.39 is 17.4 Å². The predicted octanol–water partition coefficient (Wildman–Crippen LogP) is 4.02. The zero-order valence-corrected chi connectivity index (χ0v) is 22.7. The molecule has 0 spiro atoms. The molecule has 5 aromatic rings. The normalized spacial score (nSPS) is 14.5. The number of nitrogens with zero attached hydrogens (tertiary/aromatic N) is 6. The van der Waals surface area contributed by atoms with Gasteiger partial charge in [0.2, 0.25) is 11.7 Å². The van der Waals surface area contributed by atoms with Crippen LogP contribution in [0.25, 0.3) is 22.7 Å². The van der Waals surface area contributed by atoms with E-state index in [1.807, 2.05) is 41.3 Å². The summed E-state index contributed by atoms with van der Waals surface area (Å²) in [5, 5.41) is 20.9. The summed E-state index contributed by atoms with van der Waals surface area (Å²) in [5.74, 6) is -0.440. The molecule has 0 aliphatic carbocycles. The van der Waals surface area contributed by atoms with Crippen molar-refractivity contribution in [1.82, 2.24) is 19.4 Å². The van der Waals surface area contributed by atoms with Gasteiger partial charge in [0.15, 0.2) is 11.3 Å². The number of para-hydroxylation sites is 2. The van der Waals surface area contributed by atoms with Crippen molar-refractivity contribution in [3.8, 4) is 23.4 Å². The van der Waals surface area contributed by atoms with Gasteiger partial charge in [0, 0.05) is 33.3 Å². The number of carbonyl (C=O) groups excluding carboxylic acids is 1. The van der Waals surface area contributed by atoms with E-state index in [1.54, 1.807) is 44.4 Å². The topological polar surface area (TPSA) is 128 Å². The number of hydrogen-bond acceptors (Lipinski definition) is 8. The van der Waals surface area contributed by atoms with Crippen LogP contribution in [0.5, 0.6) is 5.75 Å². The minimum absolute atomic E-state index is 0.0212. The van der Waals surface area contributed by atoms with E-state index in [0.29, 0.717) is 40.8 Å². The quantitative estimate of drug-likeness (QED) is 0.358. The molecule has 3 heterocycles. The van der Waals surface area contributed by atoms with Gasteiger partial charge >= 0.3 is 0 Å². The molecule has 0 fully saturated rings. The van der Waals surface area contributed by atoms with Crippen molar-refractivity contribution in [1.29, 1.82) is 5.26 Å². The second kappa shape index (κ2) is 9.95. The number of aromatic hydroxyl groups is 1. The third kappa shape index (κ3) is 4.28. The highest BCUT2D eigenvalue weighted by Crippen LogP contribution is 2.40. The molecule has 1 amide bonds. The molecule has 0 saturated carbocycles. The van der Waals surface area contributed by atoms with Gasteiger partial charge in [-0.15, -0.1) is 0 Å². The van der Waals surface area contributed by atoms with E-state index in [0.717, 1.165) is 11.1 Å². The Morgan fingerprint density at radius 1 is 1.07 bits per heavy atom. The Bertz CT molecular complexity index is 1900. The van der Waals surface area contributed by atoms with Crippen LogP contribution < -0.4 is 10.5 Å². The first-order valence-corrected chi connectivity index (χ1v) is 13.0. The van der Waals surface area contributed by atoms with Gasteiger partial charge in [-0.05, 0) is 53.4 Å². The first-order valence-electron chi connectivity index (χ1n) is 13.0. The van der Waals surface area contributed by atoms with Crippen molar-refractivity contribution in [2.24, 2.45) is 7.05 Å². The van der Waals surface area contributed by atoms with E-state index in [9.17, 15) is 20.0 Å². The van der Waals surface area contributed by atoms with Gasteiger partial charge in [-0.1, -0.05) is 36.4 Å². The first-order chi connectivity index (χ1) is 19.8. The lowest BCUT2D eigenvalue weighted by Crippen LogP contribution is -2.40. The van der Waals surface area contributed by atoms with Crippen LogP contribution in [0, 0.1) is 11.3 Å². The number of hydrogen-bond donors (Lipinski definition) is 1. The maximum atomic E-state index is 13.3. The minimum Gasteiger partial charge on any atom is -0.501 e. The monoisotopic (exact) mass is 546 g/mol. The summed E-state index contributed by atoms with van der Waals surface area (Å²) in [6, 6.07) is 21.7. The summed E-state index contributed by atoms with van der Waals surface area (Å²) in [4.78, 5) is 38.9. The maximum absolute atomic E-state index is 13.3. The molecule has 0 bridgehead atoms. The Hall–Kier alpha value is -5.43. The lowest BCUT2D eigenvalue weighted by Gasteiger charge is -2.39. The zero-order chi connectivity index (χ0) is 28.8. The molecule has 0 saturated heterocycles. The predicted molar refractivity (Wildman–Crippen MR) is 153 cm³/mol. The molecule has 41 heavy (non-hydrogen) atoms. The fourth-order valence-corrected chi connectivity index (χ4v) is 5.35. The van der Waals surface area contributed by atoms with E-state index in [4.69, 9.17) is 9.40 Å². The summed E-state index contributed by atoms with van der Waals surface area (Å²) in [6.45, 7) is 0.455. The van der Waals surface area contributed by atoms with Gasteiger partial charge in [-0.3, -0.25) is 14.2 Å². The average molecular weight is 547 g/mol. The third-order valence-corrected chi connectivity index (χ3v) is 7.40. The van der Waals surface area contributed by atoms with Crippen molar-refractivity contribution in [2.45, 2.75) is 12.5 Å². The van der Waals surface area contributed by atoms with Gasteiger partial charge in [0.25, 0.3) is 17.4 Å². The number of fused-ring (bicyclic) bond motifs is 2. The molecule has 0 radical (unpaired) electrons. The highest BCUT2D eigenvalue weighted by atomic mass is 16.4. The molecule has 1 aliphatic heterocycles. The number of benzene rings is 3. The number of amides is 1. The lowest BCUT2D eigenvalue weighted by molar-refractivity contribution is 0.0827. The van der Waals surface area contributed by atoms with Crippen LogP contribution in [-0.4, -0.2) is 51.1 Å². The Morgan fingerprint density at radius 3 is 2.59 bits per heavy atom. The summed E-state index contributed by atoms with van der Waals surface area (Å²) < 4.78 is 7.14. The maximum Gasteiger partial charge on any atom is 0.297 e.